The standard InChI is InChI=1S/C16H20N4/c1-12(2)16-15(11-20(3)19-16)10-18-9-14-6-4-5-13(7-14)8-17/h4-7,11-12,18H,9-10H2,1-3H3. The second kappa shape index (κ2) is 6.36. The second-order valence-corrected chi connectivity index (χ2v) is 5.28. The van der Waals surface area contributed by atoms with Crippen LogP contribution in [0.4, 0.5) is 0 Å². The fourth-order valence-electron chi connectivity index (χ4n) is 2.27. The number of nitrogens with one attached hydrogen (secondary N) is 1. The summed E-state index contributed by atoms with van der Waals surface area (Å²) in [4.78, 5) is 0. The first kappa shape index (κ1) is 14.3. The van der Waals surface area contributed by atoms with Crippen molar-refractivity contribution in [1.29, 1.82) is 5.26 Å². The molecule has 1 heterocycles. The highest BCUT2D eigenvalue weighted by Gasteiger charge is 2.10. The number of aryl methyl sites for hydroxylation is 1. The maximum atomic E-state index is 8.88. The van der Waals surface area contributed by atoms with E-state index in [4.69, 9.17) is 5.26 Å². The molecule has 0 fully saturated rings. The summed E-state index contributed by atoms with van der Waals surface area (Å²) in [5.74, 6) is 0.426. The number of aromatic nitrogens is 2. The molecule has 4 heteroatoms. The van der Waals surface area contributed by atoms with Gasteiger partial charge in [-0.05, 0) is 23.6 Å². The quantitative estimate of drug-likeness (QED) is 0.907. The van der Waals surface area contributed by atoms with Gasteiger partial charge >= 0.3 is 0 Å². The van der Waals surface area contributed by atoms with Gasteiger partial charge in [-0.1, -0.05) is 26.0 Å². The molecule has 0 aliphatic heterocycles. The van der Waals surface area contributed by atoms with Crippen LogP contribution in [0.5, 0.6) is 0 Å². The Kier molecular flexibility index (Phi) is 4.54. The lowest BCUT2D eigenvalue weighted by molar-refractivity contribution is 0.678. The van der Waals surface area contributed by atoms with Gasteiger partial charge in [0.05, 0.1) is 17.3 Å². The van der Waals surface area contributed by atoms with E-state index in [0.29, 0.717) is 11.5 Å². The van der Waals surface area contributed by atoms with Crippen LogP contribution in [-0.2, 0) is 20.1 Å². The average Bonchev–Trinajstić information content (AvgIpc) is 2.80. The Morgan fingerprint density at radius 3 is 2.85 bits per heavy atom. The molecule has 0 saturated carbocycles. The molecule has 0 aliphatic rings. The van der Waals surface area contributed by atoms with Gasteiger partial charge in [-0.2, -0.15) is 10.4 Å². The smallest absolute Gasteiger partial charge is 0.0991 e. The molecule has 0 radical (unpaired) electrons. The van der Waals surface area contributed by atoms with E-state index in [1.54, 1.807) is 0 Å². The van der Waals surface area contributed by atoms with Crippen LogP contribution in [0.3, 0.4) is 0 Å². The molecule has 2 rings (SSSR count). The molecule has 20 heavy (non-hydrogen) atoms. The summed E-state index contributed by atoms with van der Waals surface area (Å²) in [5.41, 5.74) is 4.21. The van der Waals surface area contributed by atoms with E-state index in [9.17, 15) is 0 Å². The molecule has 0 amide bonds. The molecule has 0 spiro atoms. The van der Waals surface area contributed by atoms with E-state index >= 15 is 0 Å². The lowest BCUT2D eigenvalue weighted by Gasteiger charge is -2.07. The Bertz CT molecular complexity index is 620. The normalized spacial score (nSPS) is 10.8. The van der Waals surface area contributed by atoms with Gasteiger partial charge < -0.3 is 5.32 Å². The van der Waals surface area contributed by atoms with Crippen LogP contribution in [0.25, 0.3) is 0 Å². The van der Waals surface area contributed by atoms with Crippen LogP contribution >= 0.6 is 0 Å². The van der Waals surface area contributed by atoms with Gasteiger partial charge in [-0.25, -0.2) is 0 Å². The van der Waals surface area contributed by atoms with E-state index < -0.39 is 0 Å². The first-order chi connectivity index (χ1) is 9.60. The fourth-order valence-corrected chi connectivity index (χ4v) is 2.27. The number of hydrogen-bond donors (Lipinski definition) is 1. The summed E-state index contributed by atoms with van der Waals surface area (Å²) in [5, 5.41) is 16.8. The van der Waals surface area contributed by atoms with Gasteiger partial charge in [0.25, 0.3) is 0 Å². The van der Waals surface area contributed by atoms with E-state index in [1.165, 1.54) is 5.56 Å². The Hall–Kier alpha value is -2.12. The van der Waals surface area contributed by atoms with Crippen molar-refractivity contribution in [3.8, 4) is 6.07 Å². The van der Waals surface area contributed by atoms with Crippen molar-refractivity contribution in [1.82, 2.24) is 15.1 Å². The Balaban J connectivity index is 1.98. The van der Waals surface area contributed by atoms with E-state index in [1.807, 2.05) is 36.0 Å². The first-order valence-electron chi connectivity index (χ1n) is 6.82. The fraction of sp³-hybridized carbons (Fsp3) is 0.375. The highest BCUT2D eigenvalue weighted by Crippen LogP contribution is 2.17. The highest BCUT2D eigenvalue weighted by molar-refractivity contribution is 5.32. The molecule has 0 atom stereocenters. The third-order valence-electron chi connectivity index (χ3n) is 3.18. The third-order valence-corrected chi connectivity index (χ3v) is 3.18. The molecular weight excluding hydrogens is 248 g/mol. The minimum absolute atomic E-state index is 0.426. The minimum Gasteiger partial charge on any atom is -0.308 e. The number of nitriles is 1. The van der Waals surface area contributed by atoms with Gasteiger partial charge in [-0.3, -0.25) is 4.68 Å². The molecular formula is C16H20N4. The highest BCUT2D eigenvalue weighted by atomic mass is 15.3. The van der Waals surface area contributed by atoms with Crippen molar-refractivity contribution in [2.24, 2.45) is 7.05 Å². The van der Waals surface area contributed by atoms with Crippen LogP contribution in [0, 0.1) is 11.3 Å². The Labute approximate surface area is 120 Å². The molecule has 0 bridgehead atoms. The number of nitrogens with zero attached hydrogens (tertiary/aromatic N) is 3. The zero-order chi connectivity index (χ0) is 14.5. The van der Waals surface area contributed by atoms with Crippen molar-refractivity contribution in [2.45, 2.75) is 32.9 Å². The van der Waals surface area contributed by atoms with Crippen molar-refractivity contribution in [3.05, 3.63) is 52.8 Å². The summed E-state index contributed by atoms with van der Waals surface area (Å²) >= 11 is 0. The first-order valence-corrected chi connectivity index (χ1v) is 6.82. The summed E-state index contributed by atoms with van der Waals surface area (Å²) in [7, 11) is 1.95. The van der Waals surface area contributed by atoms with E-state index in [-0.39, 0.29) is 0 Å². The summed E-state index contributed by atoms with van der Waals surface area (Å²) < 4.78 is 1.86. The van der Waals surface area contributed by atoms with Gasteiger partial charge in [0.15, 0.2) is 0 Å². The molecule has 0 aliphatic carbocycles. The molecule has 104 valence electrons. The molecule has 4 nitrogen and oxygen atoms in total. The van der Waals surface area contributed by atoms with Crippen LogP contribution in [0.2, 0.25) is 0 Å². The van der Waals surface area contributed by atoms with Crippen molar-refractivity contribution in [2.75, 3.05) is 0 Å². The van der Waals surface area contributed by atoms with Crippen LogP contribution < -0.4 is 5.32 Å². The maximum Gasteiger partial charge on any atom is 0.0991 e. The number of hydrogen-bond acceptors (Lipinski definition) is 3. The largest absolute Gasteiger partial charge is 0.308 e. The van der Waals surface area contributed by atoms with E-state index in [2.05, 4.69) is 36.5 Å². The lowest BCUT2D eigenvalue weighted by Crippen LogP contribution is -2.13. The molecule has 1 aromatic heterocycles. The molecule has 1 N–H and O–H groups in total. The molecule has 2 aromatic rings. The monoisotopic (exact) mass is 268 g/mol. The lowest BCUT2D eigenvalue weighted by atomic mass is 10.1. The average molecular weight is 268 g/mol. The topological polar surface area (TPSA) is 53.6 Å². The van der Waals surface area contributed by atoms with Crippen LogP contribution in [0.15, 0.2) is 30.5 Å². The zero-order valence-corrected chi connectivity index (χ0v) is 12.2. The number of benzene rings is 1. The Morgan fingerprint density at radius 2 is 2.15 bits per heavy atom. The molecule has 1 aromatic carbocycles. The van der Waals surface area contributed by atoms with Crippen LogP contribution in [0.1, 0.15) is 42.1 Å². The van der Waals surface area contributed by atoms with Crippen molar-refractivity contribution >= 4 is 0 Å². The predicted octanol–water partition coefficient (Wildman–Crippen LogP) is 2.70. The number of rotatable bonds is 5. The van der Waals surface area contributed by atoms with Gasteiger partial charge in [0, 0.05) is 31.9 Å². The molecule has 0 saturated heterocycles. The zero-order valence-electron chi connectivity index (χ0n) is 12.2. The minimum atomic E-state index is 0.426. The summed E-state index contributed by atoms with van der Waals surface area (Å²) in [6, 6.07) is 9.84. The van der Waals surface area contributed by atoms with Crippen molar-refractivity contribution < 1.29 is 0 Å². The summed E-state index contributed by atoms with van der Waals surface area (Å²) in [6.45, 7) is 5.85. The van der Waals surface area contributed by atoms with Gasteiger partial charge in [0.1, 0.15) is 0 Å². The van der Waals surface area contributed by atoms with Crippen LogP contribution in [-0.4, -0.2) is 9.78 Å². The Morgan fingerprint density at radius 1 is 1.35 bits per heavy atom. The third kappa shape index (κ3) is 3.46. The predicted molar refractivity (Wildman–Crippen MR) is 79.0 cm³/mol. The van der Waals surface area contributed by atoms with E-state index in [0.717, 1.165) is 24.3 Å². The summed E-state index contributed by atoms with van der Waals surface area (Å²) in [6.07, 6.45) is 2.06. The SMILES string of the molecule is CC(C)c1nn(C)cc1CNCc1cccc(C#N)c1. The molecule has 0 unspecified atom stereocenters. The van der Waals surface area contributed by atoms with Crippen molar-refractivity contribution in [3.63, 3.8) is 0 Å². The van der Waals surface area contributed by atoms with Gasteiger partial charge in [-0.15, -0.1) is 0 Å². The van der Waals surface area contributed by atoms with Gasteiger partial charge in [0.2, 0.25) is 0 Å². The second-order valence-electron chi connectivity index (χ2n) is 5.28. The maximum absolute atomic E-state index is 8.88.